The Hall–Kier alpha value is -0.780. The van der Waals surface area contributed by atoms with E-state index in [1.807, 2.05) is 4.68 Å². The Morgan fingerprint density at radius 2 is 2.00 bits per heavy atom. The fourth-order valence-electron chi connectivity index (χ4n) is 3.05. The molecule has 2 aliphatic rings. The van der Waals surface area contributed by atoms with E-state index >= 15 is 0 Å². The minimum Gasteiger partial charge on any atom is -0.395 e. The highest BCUT2D eigenvalue weighted by Gasteiger charge is 2.32. The van der Waals surface area contributed by atoms with Crippen LogP contribution in [0.25, 0.3) is 0 Å². The molecule has 0 unspecified atom stereocenters. The summed E-state index contributed by atoms with van der Waals surface area (Å²) >= 11 is 6.16. The molecule has 1 aromatic heterocycles. The van der Waals surface area contributed by atoms with E-state index in [-0.39, 0.29) is 0 Å². The third-order valence-electron chi connectivity index (χ3n) is 4.05. The summed E-state index contributed by atoms with van der Waals surface area (Å²) in [5.41, 5.74) is 6.32. The van der Waals surface area contributed by atoms with Gasteiger partial charge in [-0.3, -0.25) is 4.90 Å². The Labute approximate surface area is 112 Å². The minimum absolute atomic E-state index is 0.391. The topological polar surface area (TPSA) is 56.3 Å². The lowest BCUT2D eigenvalue weighted by atomic mass is 10.2. The first-order valence-electron chi connectivity index (χ1n) is 6.56. The van der Waals surface area contributed by atoms with Crippen LogP contribution in [0, 0.1) is 0 Å². The lowest BCUT2D eigenvalue weighted by Gasteiger charge is -2.32. The molecule has 1 aliphatic heterocycles. The van der Waals surface area contributed by atoms with Crippen LogP contribution in [0.4, 0.5) is 5.69 Å². The Kier molecular flexibility index (Phi) is 3.46. The zero-order chi connectivity index (χ0) is 12.5. The average molecular weight is 271 g/mol. The summed E-state index contributed by atoms with van der Waals surface area (Å²) in [7, 11) is 0. The summed E-state index contributed by atoms with van der Waals surface area (Å²) in [4.78, 5) is 2.53. The summed E-state index contributed by atoms with van der Waals surface area (Å²) in [6, 6.07) is 1.03. The van der Waals surface area contributed by atoms with Crippen molar-refractivity contribution in [3.63, 3.8) is 0 Å². The summed E-state index contributed by atoms with van der Waals surface area (Å²) in [5, 5.41) is 4.88. The standard InChI is InChI=1S/C12H19ClN4O/c13-12-11(14)8-15-17(12)10-2-1-9(7-10)16-3-5-18-6-4-16/h8-10H,1-7,14H2/t9-,10-/m0/s1. The van der Waals surface area contributed by atoms with Crippen LogP contribution < -0.4 is 5.73 Å². The van der Waals surface area contributed by atoms with Gasteiger partial charge in [0.25, 0.3) is 0 Å². The van der Waals surface area contributed by atoms with E-state index < -0.39 is 0 Å². The molecule has 1 aliphatic carbocycles. The molecule has 3 rings (SSSR count). The fourth-order valence-corrected chi connectivity index (χ4v) is 3.28. The maximum Gasteiger partial charge on any atom is 0.150 e. The molecule has 1 saturated heterocycles. The van der Waals surface area contributed by atoms with Crippen LogP contribution in [0.15, 0.2) is 6.20 Å². The van der Waals surface area contributed by atoms with E-state index in [0.29, 0.717) is 22.9 Å². The highest BCUT2D eigenvalue weighted by atomic mass is 35.5. The number of rotatable bonds is 2. The van der Waals surface area contributed by atoms with Gasteiger partial charge in [0.05, 0.1) is 31.1 Å². The highest BCUT2D eigenvalue weighted by molar-refractivity contribution is 6.32. The van der Waals surface area contributed by atoms with Crippen LogP contribution in [0.2, 0.25) is 5.15 Å². The van der Waals surface area contributed by atoms with Crippen molar-refractivity contribution in [2.75, 3.05) is 32.0 Å². The van der Waals surface area contributed by atoms with Gasteiger partial charge in [-0.25, -0.2) is 4.68 Å². The lowest BCUT2D eigenvalue weighted by molar-refractivity contribution is 0.0172. The number of anilines is 1. The van der Waals surface area contributed by atoms with Crippen LogP contribution in [0.3, 0.4) is 0 Å². The molecule has 18 heavy (non-hydrogen) atoms. The van der Waals surface area contributed by atoms with Crippen molar-refractivity contribution in [3.05, 3.63) is 11.3 Å². The van der Waals surface area contributed by atoms with E-state index in [9.17, 15) is 0 Å². The molecular weight excluding hydrogens is 252 g/mol. The van der Waals surface area contributed by atoms with Gasteiger partial charge in [0, 0.05) is 19.1 Å². The fraction of sp³-hybridized carbons (Fsp3) is 0.750. The predicted octanol–water partition coefficient (Wildman–Crippen LogP) is 1.54. The molecule has 0 aromatic carbocycles. The normalized spacial score (nSPS) is 29.8. The van der Waals surface area contributed by atoms with Crippen molar-refractivity contribution in [2.45, 2.75) is 31.3 Å². The van der Waals surface area contributed by atoms with E-state index in [1.165, 1.54) is 6.42 Å². The van der Waals surface area contributed by atoms with Crippen molar-refractivity contribution in [2.24, 2.45) is 0 Å². The van der Waals surface area contributed by atoms with Gasteiger partial charge in [0.2, 0.25) is 0 Å². The first-order valence-corrected chi connectivity index (χ1v) is 6.94. The molecule has 6 heteroatoms. The number of morpholine rings is 1. The number of nitrogen functional groups attached to an aromatic ring is 1. The maximum atomic E-state index is 6.16. The van der Waals surface area contributed by atoms with Crippen molar-refractivity contribution < 1.29 is 4.74 Å². The van der Waals surface area contributed by atoms with E-state index in [1.54, 1.807) is 6.20 Å². The average Bonchev–Trinajstić information content (AvgIpc) is 3.00. The Morgan fingerprint density at radius 3 is 2.67 bits per heavy atom. The first kappa shape index (κ1) is 12.3. The summed E-state index contributed by atoms with van der Waals surface area (Å²) in [5.74, 6) is 0. The molecule has 100 valence electrons. The highest BCUT2D eigenvalue weighted by Crippen LogP contribution is 2.35. The van der Waals surface area contributed by atoms with Crippen molar-refractivity contribution >= 4 is 17.3 Å². The number of aromatic nitrogens is 2. The van der Waals surface area contributed by atoms with Gasteiger partial charge in [-0.2, -0.15) is 5.10 Å². The van der Waals surface area contributed by atoms with Crippen LogP contribution in [0.1, 0.15) is 25.3 Å². The molecule has 1 saturated carbocycles. The molecular formula is C12H19ClN4O. The van der Waals surface area contributed by atoms with E-state index in [4.69, 9.17) is 22.1 Å². The summed E-state index contributed by atoms with van der Waals surface area (Å²) in [6.07, 6.45) is 5.09. The van der Waals surface area contributed by atoms with Crippen LogP contribution in [0.5, 0.6) is 0 Å². The molecule has 2 fully saturated rings. The van der Waals surface area contributed by atoms with Crippen LogP contribution >= 0.6 is 11.6 Å². The zero-order valence-corrected chi connectivity index (χ0v) is 11.1. The predicted molar refractivity (Wildman–Crippen MR) is 70.7 cm³/mol. The van der Waals surface area contributed by atoms with Gasteiger partial charge in [-0.15, -0.1) is 0 Å². The van der Waals surface area contributed by atoms with E-state index in [0.717, 1.165) is 39.1 Å². The zero-order valence-electron chi connectivity index (χ0n) is 10.4. The third-order valence-corrected chi connectivity index (χ3v) is 4.44. The molecule has 2 heterocycles. The third kappa shape index (κ3) is 2.22. The lowest BCUT2D eigenvalue weighted by Crippen LogP contribution is -2.42. The number of ether oxygens (including phenoxy) is 1. The smallest absolute Gasteiger partial charge is 0.150 e. The van der Waals surface area contributed by atoms with Gasteiger partial charge in [0.1, 0.15) is 5.15 Å². The van der Waals surface area contributed by atoms with Gasteiger partial charge < -0.3 is 10.5 Å². The Balaban J connectivity index is 1.66. The van der Waals surface area contributed by atoms with Gasteiger partial charge in [-0.1, -0.05) is 11.6 Å². The number of nitrogens with two attached hydrogens (primary N) is 1. The molecule has 2 atom stereocenters. The summed E-state index contributed by atoms with van der Waals surface area (Å²) in [6.45, 7) is 3.81. The number of nitrogens with zero attached hydrogens (tertiary/aromatic N) is 3. The van der Waals surface area contributed by atoms with E-state index in [2.05, 4.69) is 10.00 Å². The first-order chi connectivity index (χ1) is 8.75. The molecule has 5 nitrogen and oxygen atoms in total. The van der Waals surface area contributed by atoms with Gasteiger partial charge in [0.15, 0.2) is 0 Å². The Morgan fingerprint density at radius 1 is 1.28 bits per heavy atom. The molecule has 1 aromatic rings. The largest absolute Gasteiger partial charge is 0.395 e. The molecule has 0 amide bonds. The van der Waals surface area contributed by atoms with Crippen LogP contribution in [-0.2, 0) is 4.74 Å². The van der Waals surface area contributed by atoms with Crippen molar-refractivity contribution in [1.29, 1.82) is 0 Å². The number of halogens is 1. The quantitative estimate of drug-likeness (QED) is 0.886. The van der Waals surface area contributed by atoms with Crippen LogP contribution in [-0.4, -0.2) is 47.0 Å². The van der Waals surface area contributed by atoms with Gasteiger partial charge in [-0.05, 0) is 19.3 Å². The summed E-state index contributed by atoms with van der Waals surface area (Å²) < 4.78 is 7.28. The molecule has 0 bridgehead atoms. The second-order valence-corrected chi connectivity index (χ2v) is 5.46. The minimum atomic E-state index is 0.391. The second-order valence-electron chi connectivity index (χ2n) is 5.10. The molecule has 0 radical (unpaired) electrons. The Bertz CT molecular complexity index is 416. The molecule has 2 N–H and O–H groups in total. The number of hydrogen-bond donors (Lipinski definition) is 1. The monoisotopic (exact) mass is 270 g/mol. The number of hydrogen-bond acceptors (Lipinski definition) is 4. The second kappa shape index (κ2) is 5.07. The maximum absolute atomic E-state index is 6.16. The van der Waals surface area contributed by atoms with Crippen molar-refractivity contribution in [1.82, 2.24) is 14.7 Å². The van der Waals surface area contributed by atoms with Crippen molar-refractivity contribution in [3.8, 4) is 0 Å². The SMILES string of the molecule is Nc1cnn([C@H]2CC[C@H](N3CCOCC3)C2)c1Cl. The molecule has 0 spiro atoms. The van der Waals surface area contributed by atoms with Gasteiger partial charge >= 0.3 is 0 Å².